The SMILES string of the molecule is CCn1c(C2CCc3n[nH]c(C)c3C2)nnc1C(C)(C)Oc1c(F)cc(Cl)cc1F. The van der Waals surface area contributed by atoms with Gasteiger partial charge in [0.25, 0.3) is 0 Å². The van der Waals surface area contributed by atoms with E-state index in [4.69, 9.17) is 16.3 Å². The minimum absolute atomic E-state index is 0.0274. The number of nitrogens with one attached hydrogen (secondary N) is 1. The lowest BCUT2D eigenvalue weighted by molar-refractivity contribution is 0.0823. The number of rotatable bonds is 5. The Bertz CT molecular complexity index is 1070. The maximum absolute atomic E-state index is 14.3. The van der Waals surface area contributed by atoms with Gasteiger partial charge >= 0.3 is 0 Å². The molecule has 0 amide bonds. The average molecular weight is 436 g/mol. The molecule has 0 saturated heterocycles. The van der Waals surface area contributed by atoms with Crippen molar-refractivity contribution in [3.8, 4) is 5.75 Å². The van der Waals surface area contributed by atoms with Gasteiger partial charge in [-0.2, -0.15) is 5.10 Å². The maximum atomic E-state index is 14.3. The van der Waals surface area contributed by atoms with E-state index < -0.39 is 23.0 Å². The van der Waals surface area contributed by atoms with Crippen molar-refractivity contribution in [1.82, 2.24) is 25.0 Å². The number of halogens is 3. The summed E-state index contributed by atoms with van der Waals surface area (Å²) in [5, 5.41) is 16.2. The van der Waals surface area contributed by atoms with Crippen LogP contribution in [0.5, 0.6) is 5.75 Å². The molecule has 0 bridgehead atoms. The molecular formula is C21H24ClF2N5O. The molecule has 1 aliphatic rings. The number of hydrogen-bond donors (Lipinski definition) is 1. The van der Waals surface area contributed by atoms with Crippen LogP contribution in [-0.2, 0) is 25.0 Å². The predicted molar refractivity (Wildman–Crippen MR) is 109 cm³/mol. The first-order valence-electron chi connectivity index (χ1n) is 10.0. The van der Waals surface area contributed by atoms with Crippen molar-refractivity contribution in [3.63, 3.8) is 0 Å². The van der Waals surface area contributed by atoms with Crippen molar-refractivity contribution < 1.29 is 13.5 Å². The molecule has 1 aliphatic carbocycles. The van der Waals surface area contributed by atoms with Crippen LogP contribution in [0.4, 0.5) is 8.78 Å². The molecule has 2 heterocycles. The van der Waals surface area contributed by atoms with E-state index in [2.05, 4.69) is 20.4 Å². The number of benzene rings is 1. The molecule has 30 heavy (non-hydrogen) atoms. The van der Waals surface area contributed by atoms with Crippen LogP contribution in [0.25, 0.3) is 0 Å². The monoisotopic (exact) mass is 435 g/mol. The van der Waals surface area contributed by atoms with Gasteiger partial charge in [-0.1, -0.05) is 11.6 Å². The summed E-state index contributed by atoms with van der Waals surface area (Å²) in [6, 6.07) is 2.05. The van der Waals surface area contributed by atoms with E-state index >= 15 is 0 Å². The lowest BCUT2D eigenvalue weighted by atomic mass is 9.86. The zero-order valence-corrected chi connectivity index (χ0v) is 18.1. The molecule has 0 spiro atoms. The fourth-order valence-corrected chi connectivity index (χ4v) is 4.35. The van der Waals surface area contributed by atoms with Crippen LogP contribution in [0, 0.1) is 18.6 Å². The van der Waals surface area contributed by atoms with E-state index in [1.807, 2.05) is 18.4 Å². The second-order valence-electron chi connectivity index (χ2n) is 8.15. The van der Waals surface area contributed by atoms with Crippen LogP contribution in [0.3, 0.4) is 0 Å². The lowest BCUT2D eigenvalue weighted by Gasteiger charge is -2.28. The number of aromatic amines is 1. The molecule has 1 unspecified atom stereocenters. The average Bonchev–Trinajstić information content (AvgIpc) is 3.28. The summed E-state index contributed by atoms with van der Waals surface area (Å²) >= 11 is 5.72. The molecule has 1 atom stereocenters. The molecular weight excluding hydrogens is 412 g/mol. The second-order valence-corrected chi connectivity index (χ2v) is 8.59. The van der Waals surface area contributed by atoms with Gasteiger partial charge in [-0.25, -0.2) is 8.78 Å². The van der Waals surface area contributed by atoms with Gasteiger partial charge in [-0.3, -0.25) is 5.10 Å². The van der Waals surface area contributed by atoms with E-state index in [1.165, 1.54) is 5.56 Å². The van der Waals surface area contributed by atoms with Gasteiger partial charge in [0.1, 0.15) is 5.82 Å². The summed E-state index contributed by atoms with van der Waals surface area (Å²) in [7, 11) is 0. The standard InChI is InChI=1S/C21H24ClF2N5O/c1-5-29-19(12-6-7-17-14(8-12)11(2)25-26-17)27-28-20(29)21(3,4)30-18-15(23)9-13(22)10-16(18)24/h9-10,12H,5-8H2,1-4H3,(H,25,26). The first kappa shape index (κ1) is 20.8. The Morgan fingerprint density at radius 3 is 2.63 bits per heavy atom. The number of aryl methyl sites for hydroxylation is 2. The molecule has 2 aromatic heterocycles. The number of hydrogen-bond acceptors (Lipinski definition) is 4. The van der Waals surface area contributed by atoms with Crippen molar-refractivity contribution in [2.45, 2.75) is 65.0 Å². The largest absolute Gasteiger partial charge is 0.474 e. The third-order valence-corrected chi connectivity index (χ3v) is 5.88. The van der Waals surface area contributed by atoms with Gasteiger partial charge in [-0.05, 0) is 64.7 Å². The first-order valence-corrected chi connectivity index (χ1v) is 10.4. The summed E-state index contributed by atoms with van der Waals surface area (Å²) in [5.41, 5.74) is 2.32. The summed E-state index contributed by atoms with van der Waals surface area (Å²) in [4.78, 5) is 0. The second kappa shape index (κ2) is 7.65. The van der Waals surface area contributed by atoms with Crippen LogP contribution in [-0.4, -0.2) is 25.0 Å². The Hall–Kier alpha value is -2.48. The Kier molecular flexibility index (Phi) is 5.30. The molecule has 0 aliphatic heterocycles. The van der Waals surface area contributed by atoms with Crippen molar-refractivity contribution in [3.05, 3.63) is 57.4 Å². The quantitative estimate of drug-likeness (QED) is 0.622. The van der Waals surface area contributed by atoms with Crippen LogP contribution in [0.1, 0.15) is 61.7 Å². The minimum atomic E-state index is -1.11. The maximum Gasteiger partial charge on any atom is 0.192 e. The fourth-order valence-electron chi connectivity index (χ4n) is 4.16. The molecule has 4 rings (SSSR count). The molecule has 1 aromatic carbocycles. The van der Waals surface area contributed by atoms with Crippen molar-refractivity contribution in [2.24, 2.45) is 0 Å². The Morgan fingerprint density at radius 1 is 1.27 bits per heavy atom. The van der Waals surface area contributed by atoms with Gasteiger partial charge in [0.05, 0.1) is 5.69 Å². The summed E-state index contributed by atoms with van der Waals surface area (Å²) < 4.78 is 36.3. The Morgan fingerprint density at radius 2 is 1.97 bits per heavy atom. The third kappa shape index (κ3) is 3.57. The molecule has 0 fully saturated rings. The summed E-state index contributed by atoms with van der Waals surface area (Å²) in [5.74, 6) is -0.629. The highest BCUT2D eigenvalue weighted by molar-refractivity contribution is 6.30. The first-order chi connectivity index (χ1) is 14.2. The van der Waals surface area contributed by atoms with Gasteiger partial charge in [0.2, 0.25) is 0 Å². The smallest absolute Gasteiger partial charge is 0.192 e. The van der Waals surface area contributed by atoms with E-state index in [0.717, 1.165) is 48.6 Å². The molecule has 0 saturated carbocycles. The van der Waals surface area contributed by atoms with E-state index in [0.29, 0.717) is 12.4 Å². The van der Waals surface area contributed by atoms with E-state index in [-0.39, 0.29) is 10.9 Å². The highest BCUT2D eigenvalue weighted by Gasteiger charge is 2.35. The highest BCUT2D eigenvalue weighted by Crippen LogP contribution is 2.36. The number of ether oxygens (including phenoxy) is 1. The fraction of sp³-hybridized carbons (Fsp3) is 0.476. The Balaban J connectivity index is 1.66. The van der Waals surface area contributed by atoms with Gasteiger partial charge < -0.3 is 9.30 Å². The van der Waals surface area contributed by atoms with Gasteiger partial charge in [0, 0.05) is 23.2 Å². The number of fused-ring (bicyclic) bond motifs is 1. The molecule has 160 valence electrons. The summed E-state index contributed by atoms with van der Waals surface area (Å²) in [6.45, 7) is 8.08. The predicted octanol–water partition coefficient (Wildman–Crippen LogP) is 4.85. The molecule has 0 radical (unpaired) electrons. The lowest BCUT2D eigenvalue weighted by Crippen LogP contribution is -2.31. The number of aromatic nitrogens is 5. The van der Waals surface area contributed by atoms with Crippen LogP contribution >= 0.6 is 11.6 Å². The third-order valence-electron chi connectivity index (χ3n) is 5.66. The summed E-state index contributed by atoms with van der Waals surface area (Å²) in [6.07, 6.45) is 2.62. The van der Waals surface area contributed by atoms with Gasteiger partial charge in [-0.15, -0.1) is 10.2 Å². The number of H-pyrrole nitrogens is 1. The van der Waals surface area contributed by atoms with Crippen LogP contribution < -0.4 is 4.74 Å². The van der Waals surface area contributed by atoms with Gasteiger partial charge in [0.15, 0.2) is 28.8 Å². The molecule has 9 heteroatoms. The van der Waals surface area contributed by atoms with Crippen molar-refractivity contribution in [2.75, 3.05) is 0 Å². The molecule has 6 nitrogen and oxygen atoms in total. The zero-order valence-electron chi connectivity index (χ0n) is 17.4. The molecule has 3 aromatic rings. The molecule has 1 N–H and O–H groups in total. The van der Waals surface area contributed by atoms with Crippen LogP contribution in [0.15, 0.2) is 12.1 Å². The van der Waals surface area contributed by atoms with Crippen molar-refractivity contribution in [1.29, 1.82) is 0 Å². The normalized spacial score (nSPS) is 16.6. The van der Waals surface area contributed by atoms with E-state index in [9.17, 15) is 8.78 Å². The zero-order chi connectivity index (χ0) is 21.6. The highest BCUT2D eigenvalue weighted by atomic mass is 35.5. The van der Waals surface area contributed by atoms with E-state index in [1.54, 1.807) is 13.8 Å². The Labute approximate surface area is 178 Å². The topological polar surface area (TPSA) is 68.6 Å². The number of nitrogens with zero attached hydrogens (tertiary/aromatic N) is 4. The minimum Gasteiger partial charge on any atom is -0.474 e. The van der Waals surface area contributed by atoms with Crippen LogP contribution in [0.2, 0.25) is 5.02 Å². The van der Waals surface area contributed by atoms with Crippen molar-refractivity contribution >= 4 is 11.6 Å².